The first-order chi connectivity index (χ1) is 13.7. The van der Waals surface area contributed by atoms with Crippen molar-refractivity contribution >= 4 is 34.8 Å². The second-order valence-corrected chi connectivity index (χ2v) is 7.52. The molecule has 3 aromatic heterocycles. The van der Waals surface area contributed by atoms with E-state index in [1.165, 1.54) is 5.56 Å². The monoisotopic (exact) mass is 391 g/mol. The summed E-state index contributed by atoms with van der Waals surface area (Å²) in [5.41, 5.74) is 3.48. The van der Waals surface area contributed by atoms with Crippen LogP contribution in [0.1, 0.15) is 34.3 Å². The molecule has 0 saturated heterocycles. The number of fused-ring (bicyclic) bond motifs is 2. The summed E-state index contributed by atoms with van der Waals surface area (Å²) in [6.07, 6.45) is 9.21. The van der Waals surface area contributed by atoms with Crippen LogP contribution < -0.4 is 10.2 Å². The highest BCUT2D eigenvalue weighted by molar-refractivity contribution is 6.29. The van der Waals surface area contributed by atoms with Gasteiger partial charge in [0, 0.05) is 24.6 Å². The molecular formula is C21H18ClN5O. The molecule has 0 aromatic carbocycles. The van der Waals surface area contributed by atoms with Crippen molar-refractivity contribution in [2.75, 3.05) is 10.2 Å². The molecule has 1 saturated carbocycles. The minimum atomic E-state index is -0.165. The predicted octanol–water partition coefficient (Wildman–Crippen LogP) is 4.18. The van der Waals surface area contributed by atoms with Crippen LogP contribution in [-0.2, 0) is 12.8 Å². The van der Waals surface area contributed by atoms with Crippen molar-refractivity contribution in [3.05, 3.63) is 70.8 Å². The van der Waals surface area contributed by atoms with Gasteiger partial charge < -0.3 is 10.2 Å². The Bertz CT molecular complexity index is 1050. The van der Waals surface area contributed by atoms with Crippen LogP contribution in [0.15, 0.2) is 48.9 Å². The number of hydrogen-bond acceptors (Lipinski definition) is 5. The Morgan fingerprint density at radius 2 is 1.86 bits per heavy atom. The van der Waals surface area contributed by atoms with Gasteiger partial charge in [-0.2, -0.15) is 0 Å². The fraction of sp³-hybridized carbons (Fsp3) is 0.238. The van der Waals surface area contributed by atoms with Crippen molar-refractivity contribution < 1.29 is 4.79 Å². The van der Waals surface area contributed by atoms with Gasteiger partial charge in [-0.05, 0) is 67.1 Å². The second kappa shape index (κ2) is 6.87. The van der Waals surface area contributed by atoms with Gasteiger partial charge in [0.15, 0.2) is 5.82 Å². The Labute approximate surface area is 167 Å². The summed E-state index contributed by atoms with van der Waals surface area (Å²) in [6.45, 7) is 0. The molecule has 0 spiro atoms. The van der Waals surface area contributed by atoms with E-state index in [0.29, 0.717) is 34.1 Å². The summed E-state index contributed by atoms with van der Waals surface area (Å²) in [4.78, 5) is 28.2. The number of anilines is 3. The van der Waals surface area contributed by atoms with E-state index in [9.17, 15) is 4.79 Å². The number of amides is 1. The zero-order valence-corrected chi connectivity index (χ0v) is 15.9. The van der Waals surface area contributed by atoms with Crippen molar-refractivity contribution in [2.24, 2.45) is 0 Å². The van der Waals surface area contributed by atoms with E-state index in [-0.39, 0.29) is 5.91 Å². The molecule has 0 unspecified atom stereocenters. The molecule has 1 N–H and O–H groups in total. The molecule has 5 rings (SSSR count). The van der Waals surface area contributed by atoms with Gasteiger partial charge in [-0.25, -0.2) is 9.97 Å². The summed E-state index contributed by atoms with van der Waals surface area (Å²) in [5, 5.41) is 3.37. The molecular weight excluding hydrogens is 374 g/mol. The van der Waals surface area contributed by atoms with Crippen LogP contribution in [0.25, 0.3) is 0 Å². The van der Waals surface area contributed by atoms with Gasteiger partial charge in [0.25, 0.3) is 5.91 Å². The summed E-state index contributed by atoms with van der Waals surface area (Å²) in [5.74, 6) is 1.15. The topological polar surface area (TPSA) is 71.0 Å². The lowest BCUT2D eigenvalue weighted by molar-refractivity contribution is 0.102. The largest absolute Gasteiger partial charge is 0.319 e. The highest BCUT2D eigenvalue weighted by Crippen LogP contribution is 2.43. The van der Waals surface area contributed by atoms with Crippen LogP contribution in [0.3, 0.4) is 0 Å². The number of pyridine rings is 3. The maximum Gasteiger partial charge on any atom is 0.259 e. The van der Waals surface area contributed by atoms with E-state index in [4.69, 9.17) is 11.6 Å². The molecule has 1 aliphatic heterocycles. The van der Waals surface area contributed by atoms with Crippen LogP contribution in [0.5, 0.6) is 0 Å². The number of halogens is 1. The van der Waals surface area contributed by atoms with Crippen molar-refractivity contribution in [1.82, 2.24) is 15.0 Å². The smallest absolute Gasteiger partial charge is 0.259 e. The molecule has 0 radical (unpaired) electrons. The first kappa shape index (κ1) is 17.1. The number of carbonyl (C=O) groups is 1. The standard InChI is InChI=1S/C21H18ClN5O/c22-18-6-5-17-20(26-18)27(15-3-4-15)19-16(21(28)25-17)11-14(12-24-19)2-1-13-7-9-23-10-8-13/h5-12,15H,1-4H2,(H,25,28). The zero-order valence-electron chi connectivity index (χ0n) is 15.1. The van der Waals surface area contributed by atoms with Gasteiger partial charge in [-0.15, -0.1) is 0 Å². The molecule has 140 valence electrons. The number of aryl methyl sites for hydroxylation is 2. The third-order valence-corrected chi connectivity index (χ3v) is 5.29. The van der Waals surface area contributed by atoms with E-state index < -0.39 is 0 Å². The van der Waals surface area contributed by atoms with E-state index in [1.54, 1.807) is 24.5 Å². The Morgan fingerprint density at radius 1 is 1.07 bits per heavy atom. The van der Waals surface area contributed by atoms with Crippen LogP contribution in [0, 0.1) is 0 Å². The molecule has 1 amide bonds. The molecule has 4 heterocycles. The Hall–Kier alpha value is -2.99. The molecule has 7 heteroatoms. The third-order valence-electron chi connectivity index (χ3n) is 5.08. The fourth-order valence-electron chi connectivity index (χ4n) is 3.51. The van der Waals surface area contributed by atoms with Gasteiger partial charge in [0.2, 0.25) is 0 Å². The molecule has 28 heavy (non-hydrogen) atoms. The van der Waals surface area contributed by atoms with Gasteiger partial charge in [0.1, 0.15) is 11.0 Å². The maximum atomic E-state index is 12.9. The number of hydrogen-bond donors (Lipinski definition) is 1. The quantitative estimate of drug-likeness (QED) is 0.675. The van der Waals surface area contributed by atoms with Crippen molar-refractivity contribution in [2.45, 2.75) is 31.7 Å². The van der Waals surface area contributed by atoms with E-state index >= 15 is 0 Å². The molecule has 3 aromatic rings. The summed E-state index contributed by atoms with van der Waals surface area (Å²) in [6, 6.07) is 9.74. The second-order valence-electron chi connectivity index (χ2n) is 7.13. The zero-order chi connectivity index (χ0) is 19.1. The average molecular weight is 392 g/mol. The van der Waals surface area contributed by atoms with Gasteiger partial charge in [0.05, 0.1) is 11.3 Å². The SMILES string of the molecule is O=C1Nc2ccc(Cl)nc2N(C2CC2)c2ncc(CCc3ccncc3)cc21. The Morgan fingerprint density at radius 3 is 2.64 bits per heavy atom. The van der Waals surface area contributed by atoms with Crippen LogP contribution in [0.4, 0.5) is 17.3 Å². The maximum absolute atomic E-state index is 12.9. The third kappa shape index (κ3) is 3.20. The van der Waals surface area contributed by atoms with Gasteiger partial charge in [-0.3, -0.25) is 9.78 Å². The first-order valence-corrected chi connectivity index (χ1v) is 9.72. The lowest BCUT2D eigenvalue weighted by Crippen LogP contribution is -2.23. The summed E-state index contributed by atoms with van der Waals surface area (Å²) in [7, 11) is 0. The van der Waals surface area contributed by atoms with Crippen LogP contribution in [-0.4, -0.2) is 26.9 Å². The molecule has 0 atom stereocenters. The summed E-state index contributed by atoms with van der Waals surface area (Å²) >= 11 is 6.13. The van der Waals surface area contributed by atoms with Crippen molar-refractivity contribution in [3.63, 3.8) is 0 Å². The van der Waals surface area contributed by atoms with Crippen molar-refractivity contribution in [3.8, 4) is 0 Å². The van der Waals surface area contributed by atoms with Gasteiger partial charge >= 0.3 is 0 Å². The molecule has 0 bridgehead atoms. The van der Waals surface area contributed by atoms with E-state index in [1.807, 2.05) is 24.4 Å². The van der Waals surface area contributed by atoms with Crippen molar-refractivity contribution in [1.29, 1.82) is 0 Å². The number of nitrogens with zero attached hydrogens (tertiary/aromatic N) is 4. The minimum Gasteiger partial charge on any atom is -0.319 e. The predicted molar refractivity (Wildman–Crippen MR) is 108 cm³/mol. The first-order valence-electron chi connectivity index (χ1n) is 9.34. The number of nitrogens with one attached hydrogen (secondary N) is 1. The Balaban J connectivity index is 1.51. The van der Waals surface area contributed by atoms with Crippen LogP contribution in [0.2, 0.25) is 5.15 Å². The number of rotatable bonds is 4. The molecule has 1 fully saturated rings. The van der Waals surface area contributed by atoms with E-state index in [2.05, 4.69) is 25.2 Å². The molecule has 1 aliphatic carbocycles. The molecule has 6 nitrogen and oxygen atoms in total. The molecule has 2 aliphatic rings. The summed E-state index contributed by atoms with van der Waals surface area (Å²) < 4.78 is 0. The normalized spacial score (nSPS) is 15.5. The highest BCUT2D eigenvalue weighted by Gasteiger charge is 2.38. The minimum absolute atomic E-state index is 0.165. The van der Waals surface area contributed by atoms with Gasteiger partial charge in [-0.1, -0.05) is 11.6 Å². The lowest BCUT2D eigenvalue weighted by Gasteiger charge is -2.23. The van der Waals surface area contributed by atoms with Crippen LogP contribution >= 0.6 is 11.6 Å². The average Bonchev–Trinajstić information content (AvgIpc) is 3.55. The number of aromatic nitrogens is 3. The fourth-order valence-corrected chi connectivity index (χ4v) is 3.65. The number of carbonyl (C=O) groups excluding carboxylic acids is 1. The Kier molecular flexibility index (Phi) is 4.20. The lowest BCUT2D eigenvalue weighted by atomic mass is 10.0. The van der Waals surface area contributed by atoms with E-state index in [0.717, 1.165) is 31.2 Å². The highest BCUT2D eigenvalue weighted by atomic mass is 35.5.